The van der Waals surface area contributed by atoms with E-state index in [-0.39, 0.29) is 6.42 Å². The highest BCUT2D eigenvalue weighted by Crippen LogP contribution is 2.38. The van der Waals surface area contributed by atoms with Gasteiger partial charge in [-0.15, -0.1) is 0 Å². The molecule has 1 aromatic rings. The van der Waals surface area contributed by atoms with Gasteiger partial charge in [-0.05, 0) is 23.6 Å². The third-order valence-electron chi connectivity index (χ3n) is 3.47. The lowest BCUT2D eigenvalue weighted by Gasteiger charge is -2.30. The van der Waals surface area contributed by atoms with E-state index < -0.39 is 17.4 Å². The topological polar surface area (TPSA) is 52.6 Å². The van der Waals surface area contributed by atoms with Crippen LogP contribution in [0.5, 0.6) is 0 Å². The van der Waals surface area contributed by atoms with Crippen LogP contribution in [-0.4, -0.2) is 26.2 Å². The number of methoxy groups -OCH3 is 2. The molecule has 0 bridgehead atoms. The van der Waals surface area contributed by atoms with Crippen molar-refractivity contribution in [2.45, 2.75) is 13.3 Å². The fourth-order valence-electron chi connectivity index (χ4n) is 2.57. The first-order valence-electron chi connectivity index (χ1n) is 5.99. The summed E-state index contributed by atoms with van der Waals surface area (Å²) in [6.07, 6.45) is 1.91. The van der Waals surface area contributed by atoms with Crippen LogP contribution in [0, 0.1) is 5.41 Å². The molecule has 0 aliphatic heterocycles. The van der Waals surface area contributed by atoms with E-state index in [4.69, 9.17) is 9.47 Å². The Bertz CT molecular complexity index is 541. The summed E-state index contributed by atoms with van der Waals surface area (Å²) in [6, 6.07) is 7.70. The van der Waals surface area contributed by atoms with Crippen molar-refractivity contribution in [2.75, 3.05) is 14.2 Å². The van der Waals surface area contributed by atoms with Crippen LogP contribution >= 0.6 is 0 Å². The minimum atomic E-state index is -1.37. The maximum Gasteiger partial charge on any atom is 0.327 e. The number of allylic oxidation sites excluding steroid dienone is 1. The van der Waals surface area contributed by atoms with Crippen molar-refractivity contribution in [2.24, 2.45) is 5.41 Å². The van der Waals surface area contributed by atoms with Crippen LogP contribution in [-0.2, 0) is 25.5 Å². The third-order valence-corrected chi connectivity index (χ3v) is 3.47. The molecule has 0 unspecified atom stereocenters. The van der Waals surface area contributed by atoms with Gasteiger partial charge in [0, 0.05) is 6.42 Å². The smallest absolute Gasteiger partial charge is 0.327 e. The fourth-order valence-corrected chi connectivity index (χ4v) is 2.57. The van der Waals surface area contributed by atoms with Gasteiger partial charge in [0.2, 0.25) is 0 Å². The second kappa shape index (κ2) is 4.88. The lowest BCUT2D eigenvalue weighted by atomic mass is 9.73. The minimum Gasteiger partial charge on any atom is -0.468 e. The maximum absolute atomic E-state index is 12.1. The number of esters is 2. The number of carbonyl (C=O) groups is 2. The van der Waals surface area contributed by atoms with Gasteiger partial charge in [-0.2, -0.15) is 0 Å². The van der Waals surface area contributed by atoms with E-state index in [0.717, 1.165) is 16.7 Å². The summed E-state index contributed by atoms with van der Waals surface area (Å²) < 4.78 is 9.59. The zero-order valence-corrected chi connectivity index (χ0v) is 11.2. The van der Waals surface area contributed by atoms with Crippen LogP contribution in [0.3, 0.4) is 0 Å². The molecule has 0 aromatic heterocycles. The SMILES string of the molecule is COC(=O)C1(C(=O)OC)C=C(C)c2ccccc2C1. The molecule has 0 radical (unpaired) electrons. The molecule has 0 atom stereocenters. The van der Waals surface area contributed by atoms with Crippen molar-refractivity contribution < 1.29 is 19.1 Å². The molecular weight excluding hydrogens is 244 g/mol. The van der Waals surface area contributed by atoms with Gasteiger partial charge in [0.1, 0.15) is 0 Å². The Morgan fingerprint density at radius 3 is 2.26 bits per heavy atom. The maximum atomic E-state index is 12.1. The molecule has 0 amide bonds. The van der Waals surface area contributed by atoms with E-state index in [0.29, 0.717) is 0 Å². The number of benzene rings is 1. The summed E-state index contributed by atoms with van der Waals surface area (Å²) in [5, 5.41) is 0. The Hall–Kier alpha value is -2.10. The van der Waals surface area contributed by atoms with Gasteiger partial charge in [0.15, 0.2) is 5.41 Å². The third kappa shape index (κ3) is 2.03. The van der Waals surface area contributed by atoms with E-state index in [9.17, 15) is 9.59 Å². The van der Waals surface area contributed by atoms with Crippen LogP contribution in [0.4, 0.5) is 0 Å². The van der Waals surface area contributed by atoms with Crippen molar-refractivity contribution in [3.8, 4) is 0 Å². The van der Waals surface area contributed by atoms with Gasteiger partial charge in [0.05, 0.1) is 14.2 Å². The van der Waals surface area contributed by atoms with Crippen LogP contribution in [0.15, 0.2) is 30.3 Å². The molecule has 4 nitrogen and oxygen atoms in total. The first-order valence-corrected chi connectivity index (χ1v) is 5.99. The summed E-state index contributed by atoms with van der Waals surface area (Å²) in [7, 11) is 2.55. The summed E-state index contributed by atoms with van der Waals surface area (Å²) in [5.41, 5.74) is 1.49. The van der Waals surface area contributed by atoms with E-state index in [1.54, 1.807) is 6.08 Å². The fraction of sp³-hybridized carbons (Fsp3) is 0.333. The van der Waals surface area contributed by atoms with Gasteiger partial charge >= 0.3 is 11.9 Å². The summed E-state index contributed by atoms with van der Waals surface area (Å²) >= 11 is 0. The van der Waals surface area contributed by atoms with Crippen molar-refractivity contribution in [1.82, 2.24) is 0 Å². The van der Waals surface area contributed by atoms with Gasteiger partial charge in [-0.3, -0.25) is 9.59 Å². The number of carbonyl (C=O) groups excluding carboxylic acids is 2. The lowest BCUT2D eigenvalue weighted by Crippen LogP contribution is -2.43. The van der Waals surface area contributed by atoms with Crippen molar-refractivity contribution in [1.29, 1.82) is 0 Å². The molecule has 4 heteroatoms. The van der Waals surface area contributed by atoms with Gasteiger partial charge in [-0.1, -0.05) is 30.3 Å². The second-order valence-corrected chi connectivity index (χ2v) is 4.62. The molecule has 0 fully saturated rings. The second-order valence-electron chi connectivity index (χ2n) is 4.62. The molecule has 1 aromatic carbocycles. The molecule has 0 saturated heterocycles. The molecule has 1 aliphatic rings. The zero-order valence-electron chi connectivity index (χ0n) is 11.2. The molecular formula is C15H16O4. The Labute approximate surface area is 112 Å². The Morgan fingerprint density at radius 2 is 1.68 bits per heavy atom. The van der Waals surface area contributed by atoms with E-state index >= 15 is 0 Å². The first kappa shape index (κ1) is 13.3. The average molecular weight is 260 g/mol. The summed E-state index contributed by atoms with van der Waals surface area (Å²) in [6.45, 7) is 1.87. The predicted molar refractivity (Wildman–Crippen MR) is 70.3 cm³/mol. The lowest BCUT2D eigenvalue weighted by molar-refractivity contribution is -0.165. The highest BCUT2D eigenvalue weighted by Gasteiger charge is 2.48. The van der Waals surface area contributed by atoms with E-state index in [2.05, 4.69) is 0 Å². The Morgan fingerprint density at radius 1 is 1.11 bits per heavy atom. The molecule has 1 aliphatic carbocycles. The normalized spacial score (nSPS) is 16.1. The van der Waals surface area contributed by atoms with Crippen LogP contribution in [0.25, 0.3) is 5.57 Å². The average Bonchev–Trinajstić information content (AvgIpc) is 2.45. The quantitative estimate of drug-likeness (QED) is 0.602. The molecule has 19 heavy (non-hydrogen) atoms. The monoisotopic (exact) mass is 260 g/mol. The number of hydrogen-bond acceptors (Lipinski definition) is 4. The Kier molecular flexibility index (Phi) is 3.42. The first-order chi connectivity index (χ1) is 9.05. The van der Waals surface area contributed by atoms with Crippen LogP contribution in [0.2, 0.25) is 0 Å². The molecule has 0 spiro atoms. The van der Waals surface area contributed by atoms with Gasteiger partial charge < -0.3 is 9.47 Å². The minimum absolute atomic E-state index is 0.264. The van der Waals surface area contributed by atoms with E-state index in [1.807, 2.05) is 31.2 Å². The largest absolute Gasteiger partial charge is 0.468 e. The molecule has 100 valence electrons. The number of rotatable bonds is 2. The molecule has 2 rings (SSSR count). The molecule has 0 N–H and O–H groups in total. The number of fused-ring (bicyclic) bond motifs is 1. The highest BCUT2D eigenvalue weighted by atomic mass is 16.5. The predicted octanol–water partition coefficient (Wildman–Crippen LogP) is 1.98. The standard InChI is InChI=1S/C15H16O4/c1-10-8-15(13(16)18-2,14(17)19-3)9-11-6-4-5-7-12(10)11/h4-8H,9H2,1-3H3. The van der Waals surface area contributed by atoms with Crippen molar-refractivity contribution >= 4 is 17.5 Å². The van der Waals surface area contributed by atoms with Crippen molar-refractivity contribution in [3.63, 3.8) is 0 Å². The van der Waals surface area contributed by atoms with Gasteiger partial charge in [-0.25, -0.2) is 0 Å². The van der Waals surface area contributed by atoms with Crippen LogP contribution in [0.1, 0.15) is 18.1 Å². The van der Waals surface area contributed by atoms with Crippen molar-refractivity contribution in [3.05, 3.63) is 41.5 Å². The zero-order chi connectivity index (χ0) is 14.0. The molecule has 0 saturated carbocycles. The molecule has 0 heterocycles. The summed E-state index contributed by atoms with van der Waals surface area (Å²) in [4.78, 5) is 24.2. The van der Waals surface area contributed by atoms with Gasteiger partial charge in [0.25, 0.3) is 0 Å². The Balaban J connectivity index is 2.58. The summed E-state index contributed by atoms with van der Waals surface area (Å²) in [5.74, 6) is -1.18. The van der Waals surface area contributed by atoms with E-state index in [1.165, 1.54) is 14.2 Å². The highest BCUT2D eigenvalue weighted by molar-refractivity contribution is 6.05. The number of hydrogen-bond donors (Lipinski definition) is 0. The number of ether oxygens (including phenoxy) is 2. The van der Waals surface area contributed by atoms with Crippen LogP contribution < -0.4 is 0 Å².